The van der Waals surface area contributed by atoms with Gasteiger partial charge in [-0.2, -0.15) is 10.2 Å². The molecule has 4 nitrogen and oxygen atoms in total. The summed E-state index contributed by atoms with van der Waals surface area (Å²) in [7, 11) is 0. The summed E-state index contributed by atoms with van der Waals surface area (Å²) in [6.07, 6.45) is 14.0. The van der Waals surface area contributed by atoms with Gasteiger partial charge in [0.25, 0.3) is 0 Å². The van der Waals surface area contributed by atoms with Gasteiger partial charge in [-0.25, -0.2) is 0 Å². The average Bonchev–Trinajstić information content (AvgIpc) is 2.90. The van der Waals surface area contributed by atoms with Crippen molar-refractivity contribution in [3.63, 3.8) is 0 Å². The lowest BCUT2D eigenvalue weighted by Crippen LogP contribution is -2.49. The molecule has 0 aromatic rings. The molecule has 5 atom stereocenters. The number of hydrogen-bond acceptors (Lipinski definition) is 4. The Kier molecular flexibility index (Phi) is 3.23. The van der Waals surface area contributed by atoms with Crippen molar-refractivity contribution >= 4 is 11.4 Å². The van der Waals surface area contributed by atoms with E-state index in [4.69, 9.17) is 11.7 Å². The van der Waals surface area contributed by atoms with Crippen molar-refractivity contribution in [1.29, 1.82) is 0 Å². The van der Waals surface area contributed by atoms with Crippen molar-refractivity contribution in [1.82, 2.24) is 0 Å². The number of nitrogens with two attached hydrogens (primary N) is 2. The number of hydrazone groups is 2. The Morgan fingerprint density at radius 1 is 1.04 bits per heavy atom. The molecule has 23 heavy (non-hydrogen) atoms. The van der Waals surface area contributed by atoms with Crippen LogP contribution in [0.2, 0.25) is 0 Å². The van der Waals surface area contributed by atoms with E-state index in [1.165, 1.54) is 43.4 Å². The molecule has 0 unspecified atom stereocenters. The van der Waals surface area contributed by atoms with Gasteiger partial charge in [0.1, 0.15) is 0 Å². The minimum Gasteiger partial charge on any atom is -0.323 e. The Hall–Kier alpha value is -1.58. The molecular formula is C19H28N4. The van der Waals surface area contributed by atoms with Crippen molar-refractivity contribution in [2.45, 2.75) is 52.4 Å². The Labute approximate surface area is 138 Å². The lowest BCUT2D eigenvalue weighted by Gasteiger charge is -2.56. The monoisotopic (exact) mass is 312 g/mol. The van der Waals surface area contributed by atoms with E-state index in [0.717, 1.165) is 29.9 Å². The maximum Gasteiger partial charge on any atom is 0.0823 e. The highest BCUT2D eigenvalue weighted by Crippen LogP contribution is 2.63. The largest absolute Gasteiger partial charge is 0.323 e. The molecule has 4 aliphatic rings. The molecular weight excluding hydrogens is 284 g/mol. The molecule has 0 bridgehead atoms. The Bertz CT molecular complexity index is 644. The highest BCUT2D eigenvalue weighted by molar-refractivity contribution is 6.05. The van der Waals surface area contributed by atoms with Crippen LogP contribution in [-0.4, -0.2) is 11.4 Å². The van der Waals surface area contributed by atoms with Gasteiger partial charge in [0.15, 0.2) is 0 Å². The van der Waals surface area contributed by atoms with E-state index in [9.17, 15) is 0 Å². The first kappa shape index (κ1) is 15.0. The van der Waals surface area contributed by atoms with Gasteiger partial charge in [0, 0.05) is 16.5 Å². The highest BCUT2D eigenvalue weighted by Gasteiger charge is 2.57. The third-order valence-corrected chi connectivity index (χ3v) is 7.61. The molecule has 0 aliphatic heterocycles. The zero-order chi connectivity index (χ0) is 16.2. The Balaban J connectivity index is 1.70. The molecule has 0 aromatic heterocycles. The van der Waals surface area contributed by atoms with Gasteiger partial charge in [-0.05, 0) is 68.4 Å². The fourth-order valence-electron chi connectivity index (χ4n) is 6.29. The van der Waals surface area contributed by atoms with Crippen LogP contribution in [0.4, 0.5) is 0 Å². The minimum atomic E-state index is 0.182. The molecule has 124 valence electrons. The molecule has 3 fully saturated rings. The third kappa shape index (κ3) is 1.90. The molecule has 0 spiro atoms. The summed E-state index contributed by atoms with van der Waals surface area (Å²) >= 11 is 0. The molecule has 3 saturated carbocycles. The molecule has 0 saturated heterocycles. The van der Waals surface area contributed by atoms with Crippen LogP contribution in [0.15, 0.2) is 34.0 Å². The number of hydrogen-bond donors (Lipinski definition) is 2. The summed E-state index contributed by atoms with van der Waals surface area (Å²) in [5, 5.41) is 8.05. The summed E-state index contributed by atoms with van der Waals surface area (Å²) in [5.74, 6) is 13.5. The second-order valence-electron chi connectivity index (χ2n) is 8.33. The second kappa shape index (κ2) is 4.96. The summed E-state index contributed by atoms with van der Waals surface area (Å²) in [6.45, 7) is 4.84. The second-order valence-corrected chi connectivity index (χ2v) is 8.33. The van der Waals surface area contributed by atoms with Gasteiger partial charge in [-0.3, -0.25) is 0 Å². The first-order valence-electron chi connectivity index (χ1n) is 8.98. The van der Waals surface area contributed by atoms with Crippen molar-refractivity contribution in [3.05, 3.63) is 23.8 Å². The van der Waals surface area contributed by atoms with Crippen LogP contribution in [0.1, 0.15) is 52.4 Å². The first-order valence-corrected chi connectivity index (χ1v) is 8.98. The van der Waals surface area contributed by atoms with Crippen molar-refractivity contribution in [3.8, 4) is 0 Å². The third-order valence-electron chi connectivity index (χ3n) is 7.61. The standard InChI is InChI=1S/C19H28N4/c1-18-9-7-13(22-20)11-12(18)3-4-14-15-5-6-17(23-21)19(15,2)10-8-16(14)18/h7,9,11,14-16H,3-6,8,10,20-21H2,1-2H3/b22-13-,23-17-/t14-,15-,16-,18-,19-/m0/s1. The summed E-state index contributed by atoms with van der Waals surface area (Å²) < 4.78 is 0. The summed E-state index contributed by atoms with van der Waals surface area (Å²) in [4.78, 5) is 0. The van der Waals surface area contributed by atoms with Crippen molar-refractivity contribution < 1.29 is 0 Å². The van der Waals surface area contributed by atoms with Crippen LogP contribution in [0.3, 0.4) is 0 Å². The normalized spacial score (nSPS) is 48.8. The fourth-order valence-corrected chi connectivity index (χ4v) is 6.29. The topological polar surface area (TPSA) is 76.8 Å². The Morgan fingerprint density at radius 3 is 2.61 bits per heavy atom. The molecule has 0 aromatic carbocycles. The maximum absolute atomic E-state index is 5.70. The Morgan fingerprint density at radius 2 is 1.87 bits per heavy atom. The van der Waals surface area contributed by atoms with Gasteiger partial charge in [-0.15, -0.1) is 0 Å². The van der Waals surface area contributed by atoms with Crippen LogP contribution >= 0.6 is 0 Å². The molecule has 0 amide bonds. The fraction of sp³-hybridized carbons (Fsp3) is 0.684. The van der Waals surface area contributed by atoms with Crippen molar-refractivity contribution in [2.24, 2.45) is 50.5 Å². The van der Waals surface area contributed by atoms with Gasteiger partial charge >= 0.3 is 0 Å². The lowest BCUT2D eigenvalue weighted by molar-refractivity contribution is 0.00664. The van der Waals surface area contributed by atoms with E-state index in [1.807, 2.05) is 0 Å². The molecule has 0 radical (unpaired) electrons. The smallest absolute Gasteiger partial charge is 0.0823 e. The van der Waals surface area contributed by atoms with Gasteiger partial charge in [0.2, 0.25) is 0 Å². The van der Waals surface area contributed by atoms with Crippen LogP contribution in [0, 0.1) is 28.6 Å². The predicted octanol–water partition coefficient (Wildman–Crippen LogP) is 3.35. The first-order chi connectivity index (χ1) is 11.0. The van der Waals surface area contributed by atoms with Crippen LogP contribution < -0.4 is 11.7 Å². The zero-order valence-corrected chi connectivity index (χ0v) is 14.3. The SMILES string of the molecule is C[C@]12C=C/C(=N/N)C=C1CC[C@@H]1[C@@H]2CC[C@]2(C)/C(=N\N)CC[C@@H]12. The molecule has 4 aliphatic carbocycles. The molecule has 4 rings (SSSR count). The number of nitrogens with zero attached hydrogens (tertiary/aromatic N) is 2. The van der Waals surface area contributed by atoms with Gasteiger partial charge in [-0.1, -0.05) is 25.5 Å². The summed E-state index contributed by atoms with van der Waals surface area (Å²) in [6, 6.07) is 0. The van der Waals surface area contributed by atoms with Crippen LogP contribution in [0.5, 0.6) is 0 Å². The van der Waals surface area contributed by atoms with Crippen LogP contribution in [0.25, 0.3) is 0 Å². The van der Waals surface area contributed by atoms with Crippen LogP contribution in [-0.2, 0) is 0 Å². The highest BCUT2D eigenvalue weighted by atomic mass is 15.1. The number of allylic oxidation sites excluding steroid dienone is 4. The van der Waals surface area contributed by atoms with E-state index in [2.05, 4.69) is 42.3 Å². The quantitative estimate of drug-likeness (QED) is 0.531. The molecule has 0 heterocycles. The zero-order valence-electron chi connectivity index (χ0n) is 14.3. The van der Waals surface area contributed by atoms with E-state index in [0.29, 0.717) is 0 Å². The number of rotatable bonds is 0. The summed E-state index contributed by atoms with van der Waals surface area (Å²) in [5.41, 5.74) is 4.13. The van der Waals surface area contributed by atoms with Gasteiger partial charge < -0.3 is 11.7 Å². The molecule has 4 N–H and O–H groups in total. The van der Waals surface area contributed by atoms with E-state index < -0.39 is 0 Å². The maximum atomic E-state index is 5.70. The van der Waals surface area contributed by atoms with E-state index in [1.54, 1.807) is 0 Å². The average molecular weight is 312 g/mol. The predicted molar refractivity (Wildman–Crippen MR) is 94.9 cm³/mol. The van der Waals surface area contributed by atoms with E-state index >= 15 is 0 Å². The molecule has 4 heteroatoms. The van der Waals surface area contributed by atoms with Crippen molar-refractivity contribution in [2.75, 3.05) is 0 Å². The minimum absolute atomic E-state index is 0.182. The van der Waals surface area contributed by atoms with Gasteiger partial charge in [0.05, 0.1) is 5.71 Å². The number of fused-ring (bicyclic) bond motifs is 5. The van der Waals surface area contributed by atoms with E-state index in [-0.39, 0.29) is 10.8 Å². The lowest BCUT2D eigenvalue weighted by atomic mass is 9.48.